The molecule has 5 aromatic heterocycles. The number of aromatic nitrogens is 7. The molecule has 17 rings (SSSR count). The Bertz CT molecular complexity index is 6790. The van der Waals surface area contributed by atoms with Crippen LogP contribution in [-0.2, 0) is 23.8 Å². The fraction of sp³-hybridized carbons (Fsp3) is 0.162. The molecule has 2 fully saturated rings. The van der Waals surface area contributed by atoms with Crippen LogP contribution in [0, 0.1) is 63.7 Å². The number of ether oxygens (including phenoxy) is 6. The number of H-pyrrole nitrogens is 2. The number of nitrogens with one attached hydrogen (secondary N) is 4. The number of nitrogens with two attached hydrogens (primary N) is 5. The van der Waals surface area contributed by atoms with Crippen LogP contribution in [0.2, 0.25) is 0 Å². The summed E-state index contributed by atoms with van der Waals surface area (Å²) in [5, 5.41) is 46.2. The molecule has 35 heteroatoms. The van der Waals surface area contributed by atoms with Crippen molar-refractivity contribution in [1.29, 1.82) is 26.5 Å². The van der Waals surface area contributed by atoms with Crippen molar-refractivity contribution in [2.75, 3.05) is 61.5 Å². The number of benzene rings is 10. The smallest absolute Gasteiger partial charge is 0.410 e. The predicted octanol–water partition coefficient (Wildman–Crippen LogP) is 21.1. The topological polar surface area (TPSA) is 542 Å². The lowest BCUT2D eigenvalue weighted by Gasteiger charge is -2.29. The molecule has 7 heterocycles. The lowest BCUT2D eigenvalue weighted by Crippen LogP contribution is -2.46. The van der Waals surface area contributed by atoms with Gasteiger partial charge in [-0.05, 0) is 208 Å². The maximum absolute atomic E-state index is 11.8. The number of primary amides is 1. The summed E-state index contributed by atoms with van der Waals surface area (Å²) in [7, 11) is -3.52. The number of Topliss-reactive ketones (excluding diaryl/α,β-unsaturated/α-hetero) is 1. The molecule has 2 atom stereocenters. The number of amides is 2. The number of carbonyl (C=O) groups is 3. The van der Waals surface area contributed by atoms with Crippen LogP contribution in [0.4, 0.5) is 22.2 Å². The highest BCUT2D eigenvalue weighted by atomic mass is 79.9. The zero-order chi connectivity index (χ0) is 99.9. The summed E-state index contributed by atoms with van der Waals surface area (Å²) in [6, 6.07) is 93.9. The fourth-order valence-corrected chi connectivity index (χ4v) is 14.7. The molecule has 15 aromatic rings. The highest BCUT2D eigenvalue weighted by Crippen LogP contribution is 2.39. The summed E-state index contributed by atoms with van der Waals surface area (Å²) in [6.07, 6.45) is 14.4. The van der Waals surface area contributed by atoms with E-state index in [0.717, 1.165) is 151 Å². The molecule has 0 aliphatic carbocycles. The van der Waals surface area contributed by atoms with E-state index in [-0.39, 0.29) is 37.0 Å². The van der Waals surface area contributed by atoms with E-state index in [1.807, 2.05) is 255 Å². The zero-order valence-corrected chi connectivity index (χ0v) is 79.7. The number of hydrogen-bond donors (Lipinski definition) is 10. The number of allylic oxidation sites excluding steroid dienone is 2. The number of piperidine rings is 2. The number of nitrogen functional groups attached to an aromatic ring is 3. The number of halogens is 1. The largest absolute Gasteiger partial charge is 0.457 e. The number of nitriles is 4. The van der Waals surface area contributed by atoms with Crippen LogP contribution in [0.5, 0.6) is 57.5 Å². The van der Waals surface area contributed by atoms with Gasteiger partial charge in [-0.3, -0.25) is 19.9 Å². The van der Waals surface area contributed by atoms with Crippen LogP contribution in [0.15, 0.2) is 310 Å². The first-order chi connectivity index (χ1) is 67.2. The SMILES string of the molecule is CC(=O)c1ccc(Oc2ccccc2)cc1.CC(C)(C)OC(=O)N1CC[CH+]C(OS(C)(=O)=O)C1.N.N#CC(C#N)=C(CBr)c1ccc(Oc2ccccc2)cc1.N#Cc1c(-c2ccc(Oc3ccccc3)cc2)c[nH]c1N.N=CN.NC=O.Nc1ncnc2[nH]cc(-c3ccc(Oc4ccccc4)cc3)c12.Nc1ncnc2c1c(-c1ccc(Oc3ccccc3)cc1)cn2C1CCCNC1.[C-]#[N+]CC#N. The number of nitrogens with zero attached hydrogens (tertiary/aromatic N) is 11. The van der Waals surface area contributed by atoms with Gasteiger partial charge >= 0.3 is 6.09 Å². The van der Waals surface area contributed by atoms with Crippen LogP contribution in [0.1, 0.15) is 74.5 Å². The number of likely N-dealkylation sites (tertiary alicyclic amines) is 1. The second-order valence-corrected chi connectivity index (χ2v) is 32.9. The molecule has 0 bridgehead atoms. The Hall–Kier alpha value is -17.6. The Labute approximate surface area is 820 Å². The second-order valence-electron chi connectivity index (χ2n) is 30.7. The lowest BCUT2D eigenvalue weighted by atomic mass is 10.0. The van der Waals surface area contributed by atoms with Gasteiger partial charge in [-0.15, -0.1) is 0 Å². The average molecular weight is 1970 g/mol. The Kier molecular flexibility index (Phi) is 43.0. The van der Waals surface area contributed by atoms with Gasteiger partial charge in [0.05, 0.1) is 36.5 Å². The number of para-hydroxylation sites is 5. The maximum atomic E-state index is 11.8. The monoisotopic (exact) mass is 1960 g/mol. The maximum Gasteiger partial charge on any atom is 0.410 e. The molecule has 2 amide bonds. The number of rotatable bonds is 19. The Morgan fingerprint density at radius 2 is 0.993 bits per heavy atom. The van der Waals surface area contributed by atoms with Crippen molar-refractivity contribution < 1.29 is 55.4 Å². The van der Waals surface area contributed by atoms with Crippen LogP contribution < -0.4 is 63.8 Å². The molecule has 140 heavy (non-hydrogen) atoms. The Morgan fingerprint density at radius 1 is 0.593 bits per heavy atom. The molecule has 0 spiro atoms. The van der Waals surface area contributed by atoms with Crippen molar-refractivity contribution in [3.05, 3.63) is 344 Å². The molecule has 0 saturated carbocycles. The predicted molar refractivity (Wildman–Crippen MR) is 547 cm³/mol. The number of ketones is 1. The molecule has 714 valence electrons. The Balaban J connectivity index is 0.000000203. The molecular weight excluding hydrogens is 1860 g/mol. The van der Waals surface area contributed by atoms with E-state index in [0.29, 0.717) is 64.2 Å². The van der Waals surface area contributed by atoms with Crippen molar-refractivity contribution in [3.8, 4) is 115 Å². The van der Waals surface area contributed by atoms with Crippen molar-refractivity contribution in [2.45, 2.75) is 64.7 Å². The van der Waals surface area contributed by atoms with Gasteiger partial charge in [-0.1, -0.05) is 155 Å². The Morgan fingerprint density at radius 3 is 1.37 bits per heavy atom. The standard InChI is InChI=1S/C23H23N5O.C18H14N4O.C17H11BrN2O.C17H13N3O.C14H12O2.C11H20NO5S.C3H2N2.CH4N2.CH3NO.H3N/c24-22-21-20(14-28(23(21)27-15-26-22)17-5-4-12-25-13-17)16-8-10-19(11-9-16)29-18-6-2-1-3-7-18;19-17-16-15(10-20-18(16)22-11-21-17)12-6-8-14(9-7-12)23-13-4-2-1-3-5-13;18-10-17(14(11-19)12-20)13-6-8-16(9-7-13)21-15-4-2-1-3-5-15;18-10-15-16(11-20-17(15)19)12-6-8-14(9-7-12)21-13-4-2-1-3-5-13;1-11(15)12-7-9-14(10-8-12)16-13-5-3-2-4-6-13;1-11(2,3)16-10(13)12-7-5-6-9(8-12)17-18(4,14)15;1-5-3-2-4;2*2-1-3;/h1-3,6-11,14-15,17,25H,4-5,12-13H2,(H2,24,26,27);1-11H,(H3,19,20,21,22);1-9H,10H2;1-9,11,20H,19H2;2-10H,1H3;6,9H,5,7-8H2,1-4H3;3H2;1H,(H3,2,3);1H,(H2,2,3);1H3/q;;;;;+1;;;;. The van der Waals surface area contributed by atoms with Crippen LogP contribution in [-0.4, -0.2) is 128 Å². The third kappa shape index (κ3) is 34.1. The van der Waals surface area contributed by atoms with E-state index in [1.54, 1.807) is 77.0 Å². The number of aromatic amines is 2. The van der Waals surface area contributed by atoms with Gasteiger partial charge in [-0.2, -0.15) is 29.5 Å². The first-order valence-corrected chi connectivity index (χ1v) is 46.0. The third-order valence-electron chi connectivity index (χ3n) is 19.7. The summed E-state index contributed by atoms with van der Waals surface area (Å²) in [5.41, 5.74) is 36.2. The summed E-state index contributed by atoms with van der Waals surface area (Å²) in [5.74, 6) is 9.15. The van der Waals surface area contributed by atoms with E-state index in [4.69, 9.17) is 87.6 Å². The van der Waals surface area contributed by atoms with Crippen molar-refractivity contribution in [3.63, 3.8) is 0 Å². The normalized spacial score (nSPS) is 12.3. The van der Waals surface area contributed by atoms with E-state index >= 15 is 0 Å². The number of fused-ring (bicyclic) bond motifs is 2. The quantitative estimate of drug-likeness (QED) is 0.00414. The number of carbonyl (C=O) groups excluding carboxylic acids is 3. The van der Waals surface area contributed by atoms with Crippen LogP contribution in [0.25, 0.3) is 65.9 Å². The summed E-state index contributed by atoms with van der Waals surface area (Å²) in [6.45, 7) is 15.6. The van der Waals surface area contributed by atoms with Gasteiger partial charge in [0, 0.05) is 58.8 Å². The fourth-order valence-electron chi connectivity index (χ4n) is 13.5. The van der Waals surface area contributed by atoms with Gasteiger partial charge in [0.15, 0.2) is 5.78 Å². The van der Waals surface area contributed by atoms with E-state index in [2.05, 4.69) is 96.4 Å². The van der Waals surface area contributed by atoms with Gasteiger partial charge < -0.3 is 87.9 Å². The van der Waals surface area contributed by atoms with Crippen molar-refractivity contribution in [2.24, 2.45) is 11.5 Å². The van der Waals surface area contributed by atoms with Gasteiger partial charge in [0.1, 0.15) is 153 Å². The molecule has 33 nitrogen and oxygen atoms in total. The van der Waals surface area contributed by atoms with E-state index in [9.17, 15) is 18.0 Å². The zero-order valence-electron chi connectivity index (χ0n) is 77.3. The number of anilines is 3. The molecule has 17 N–H and O–H groups in total. The molecule has 2 aliphatic rings. The summed E-state index contributed by atoms with van der Waals surface area (Å²) in [4.78, 5) is 58.7. The molecule has 10 aromatic carbocycles. The van der Waals surface area contributed by atoms with E-state index in [1.165, 1.54) is 11.2 Å². The highest BCUT2D eigenvalue weighted by molar-refractivity contribution is 9.09. The first kappa shape index (κ1) is 108. The van der Waals surface area contributed by atoms with Crippen LogP contribution >= 0.6 is 15.9 Å². The average Bonchev–Trinajstić information content (AvgIpc) is 1.60. The van der Waals surface area contributed by atoms with Crippen molar-refractivity contribution in [1.82, 2.24) is 50.8 Å². The van der Waals surface area contributed by atoms with Gasteiger partial charge in [0.2, 0.25) is 12.5 Å². The molecule has 2 aliphatic heterocycles. The number of alkyl halides is 1. The third-order valence-corrected chi connectivity index (χ3v) is 20.8. The van der Waals surface area contributed by atoms with Crippen LogP contribution in [0.3, 0.4) is 0 Å². The van der Waals surface area contributed by atoms with Gasteiger partial charge in [-0.25, -0.2) is 35.5 Å². The minimum atomic E-state index is -3.52. The highest BCUT2D eigenvalue weighted by Gasteiger charge is 2.35. The van der Waals surface area contributed by atoms with Crippen molar-refractivity contribution >= 4 is 95.8 Å². The lowest BCUT2D eigenvalue weighted by molar-refractivity contribution is -0.106. The summed E-state index contributed by atoms with van der Waals surface area (Å²) < 4.78 is 63.1. The molecular formula is C105H105BrN21O12S+. The minimum Gasteiger partial charge on any atom is -0.457 e. The van der Waals surface area contributed by atoms with Gasteiger partial charge in [0.25, 0.3) is 16.7 Å². The molecule has 2 saturated heterocycles. The summed E-state index contributed by atoms with van der Waals surface area (Å²) >= 11 is 3.32. The minimum absolute atomic E-state index is 0. The molecule has 0 radical (unpaired) electrons. The number of hydrogen-bond acceptors (Lipinski definition) is 26. The second kappa shape index (κ2) is 55.9. The first-order valence-electron chi connectivity index (χ1n) is 43.0. The van der Waals surface area contributed by atoms with E-state index < -0.39 is 27.9 Å². The molecule has 2 unspecified atom stereocenters.